The molecular weight excluding hydrogens is 262 g/mol. The lowest BCUT2D eigenvalue weighted by molar-refractivity contribution is -0.141. The van der Waals surface area contributed by atoms with Crippen molar-refractivity contribution in [2.75, 3.05) is 19.8 Å². The van der Waals surface area contributed by atoms with Gasteiger partial charge in [0.1, 0.15) is 0 Å². The zero-order valence-corrected chi connectivity index (χ0v) is 13.7. The maximum Gasteiger partial charge on any atom is 0.219 e. The van der Waals surface area contributed by atoms with Gasteiger partial charge in [0.05, 0.1) is 19.6 Å². The third kappa shape index (κ3) is 15.1. The summed E-state index contributed by atoms with van der Waals surface area (Å²) in [5, 5.41) is 0. The third-order valence-corrected chi connectivity index (χ3v) is 2.90. The summed E-state index contributed by atoms with van der Waals surface area (Å²) >= 11 is 0. The van der Waals surface area contributed by atoms with Gasteiger partial charge in [-0.2, -0.15) is 0 Å². The highest BCUT2D eigenvalue weighted by Crippen LogP contribution is 2.05. The summed E-state index contributed by atoms with van der Waals surface area (Å²) in [7, 11) is 0. The van der Waals surface area contributed by atoms with Crippen LogP contribution in [0.25, 0.3) is 4.85 Å². The Hall–Kier alpha value is -1.11. The van der Waals surface area contributed by atoms with E-state index in [9.17, 15) is 0 Å². The van der Waals surface area contributed by atoms with Crippen molar-refractivity contribution in [1.82, 2.24) is 0 Å². The summed E-state index contributed by atoms with van der Waals surface area (Å²) in [6.07, 6.45) is 15.5. The highest BCUT2D eigenvalue weighted by molar-refractivity contribution is 4.81. The Balaban J connectivity index is 3.78. The molecule has 0 atom stereocenters. The quantitative estimate of drug-likeness (QED) is 0.191. The molecule has 0 aromatic rings. The van der Waals surface area contributed by atoms with Crippen LogP contribution in [0.2, 0.25) is 0 Å². The van der Waals surface area contributed by atoms with Crippen LogP contribution in [0.15, 0.2) is 24.3 Å². The first-order chi connectivity index (χ1) is 10.3. The van der Waals surface area contributed by atoms with Gasteiger partial charge in [0, 0.05) is 0 Å². The van der Waals surface area contributed by atoms with Crippen LogP contribution in [-0.4, -0.2) is 26.0 Å². The van der Waals surface area contributed by atoms with E-state index >= 15 is 0 Å². The maximum atomic E-state index is 6.87. The predicted molar refractivity (Wildman–Crippen MR) is 89.1 cm³/mol. The molecule has 0 spiro atoms. The zero-order valence-electron chi connectivity index (χ0n) is 13.7. The van der Waals surface area contributed by atoms with Crippen LogP contribution in [0.1, 0.15) is 58.8 Å². The van der Waals surface area contributed by atoms with Crippen molar-refractivity contribution in [1.29, 1.82) is 0 Å². The van der Waals surface area contributed by atoms with Crippen molar-refractivity contribution in [2.45, 2.75) is 65.1 Å². The summed E-state index contributed by atoms with van der Waals surface area (Å²) in [6.45, 7) is 13.0. The molecule has 0 radical (unpaired) electrons. The number of nitrogens with zero attached hydrogens (tertiary/aromatic N) is 1. The fourth-order valence-corrected chi connectivity index (χ4v) is 1.72. The van der Waals surface area contributed by atoms with Gasteiger partial charge >= 0.3 is 0 Å². The molecule has 0 amide bonds. The highest BCUT2D eigenvalue weighted by atomic mass is 16.7. The molecule has 0 bridgehead atoms. The average molecular weight is 293 g/mol. The van der Waals surface area contributed by atoms with Crippen molar-refractivity contribution in [3.05, 3.63) is 35.7 Å². The third-order valence-electron chi connectivity index (χ3n) is 2.90. The minimum atomic E-state index is -0.238. The molecule has 0 rings (SSSR count). The fraction of sp³-hybridized carbons (Fsp3) is 0.722. The van der Waals surface area contributed by atoms with E-state index in [0.717, 1.165) is 25.7 Å². The maximum absolute atomic E-state index is 6.87. The standard InChI is InChI=1S/C18H31NO2/c1-4-6-8-10-12-16-20-18(14-15-19-3)21-17-13-11-9-7-5-2/h8-11,18H,4-7,12-17H2,1-2H3/b10-8-,11-9-. The van der Waals surface area contributed by atoms with Crippen molar-refractivity contribution in [2.24, 2.45) is 0 Å². The lowest BCUT2D eigenvalue weighted by Crippen LogP contribution is -2.19. The van der Waals surface area contributed by atoms with Gasteiger partial charge in [-0.25, -0.2) is 6.57 Å². The number of hydrogen-bond acceptors (Lipinski definition) is 2. The van der Waals surface area contributed by atoms with Crippen LogP contribution in [-0.2, 0) is 9.47 Å². The first-order valence-corrected chi connectivity index (χ1v) is 8.21. The van der Waals surface area contributed by atoms with Crippen LogP contribution in [0, 0.1) is 6.57 Å². The van der Waals surface area contributed by atoms with Crippen LogP contribution >= 0.6 is 0 Å². The van der Waals surface area contributed by atoms with E-state index in [0.29, 0.717) is 26.2 Å². The molecular formula is C18H31NO2. The number of allylic oxidation sites excluding steroid dienone is 2. The first kappa shape index (κ1) is 19.9. The summed E-state index contributed by atoms with van der Waals surface area (Å²) in [4.78, 5) is 3.38. The number of hydrogen-bond donors (Lipinski definition) is 0. The van der Waals surface area contributed by atoms with E-state index in [-0.39, 0.29) is 6.29 Å². The van der Waals surface area contributed by atoms with E-state index in [2.05, 4.69) is 43.0 Å². The molecule has 3 nitrogen and oxygen atoms in total. The summed E-state index contributed by atoms with van der Waals surface area (Å²) in [5.74, 6) is 0. The predicted octanol–water partition coefficient (Wildman–Crippen LogP) is 5.15. The Morgan fingerprint density at radius 1 is 0.857 bits per heavy atom. The number of rotatable bonds is 14. The van der Waals surface area contributed by atoms with Crippen molar-refractivity contribution in [3.8, 4) is 0 Å². The Kier molecular flexibility index (Phi) is 16.0. The SMILES string of the molecule is [C-]#[N+]CCC(OCC/C=C\CCC)OCC/C=C\CCC. The molecule has 0 unspecified atom stereocenters. The molecule has 120 valence electrons. The molecule has 21 heavy (non-hydrogen) atoms. The van der Waals surface area contributed by atoms with Crippen molar-refractivity contribution >= 4 is 0 Å². The molecule has 0 heterocycles. The van der Waals surface area contributed by atoms with Crippen LogP contribution < -0.4 is 0 Å². The molecule has 0 aliphatic rings. The Morgan fingerprint density at radius 3 is 1.76 bits per heavy atom. The molecule has 0 saturated heterocycles. The smallest absolute Gasteiger partial charge is 0.219 e. The Bertz CT molecular complexity index is 283. The molecule has 0 saturated carbocycles. The van der Waals surface area contributed by atoms with Gasteiger partial charge in [-0.05, 0) is 25.7 Å². The first-order valence-electron chi connectivity index (χ1n) is 8.21. The minimum absolute atomic E-state index is 0.238. The largest absolute Gasteiger partial charge is 0.352 e. The average Bonchev–Trinajstić information content (AvgIpc) is 2.50. The van der Waals surface area contributed by atoms with Crippen LogP contribution in [0.5, 0.6) is 0 Å². The van der Waals surface area contributed by atoms with Gasteiger partial charge in [0.15, 0.2) is 6.29 Å². The molecule has 0 N–H and O–H groups in total. The van der Waals surface area contributed by atoms with E-state index in [1.54, 1.807) is 0 Å². The van der Waals surface area contributed by atoms with E-state index in [1.165, 1.54) is 12.8 Å². The number of unbranched alkanes of at least 4 members (excludes halogenated alkanes) is 2. The summed E-state index contributed by atoms with van der Waals surface area (Å²) in [6, 6.07) is 0. The van der Waals surface area contributed by atoms with Gasteiger partial charge in [-0.1, -0.05) is 51.0 Å². The number of ether oxygens (including phenoxy) is 2. The normalized spacial score (nSPS) is 11.7. The second-order valence-corrected chi connectivity index (χ2v) is 4.94. The lowest BCUT2D eigenvalue weighted by atomic mass is 10.3. The zero-order chi connectivity index (χ0) is 15.6. The summed E-state index contributed by atoms with van der Waals surface area (Å²) in [5.41, 5.74) is 0. The second-order valence-electron chi connectivity index (χ2n) is 4.94. The van der Waals surface area contributed by atoms with E-state index < -0.39 is 0 Å². The lowest BCUT2D eigenvalue weighted by Gasteiger charge is -2.15. The second kappa shape index (κ2) is 16.9. The molecule has 3 heteroatoms. The Labute approximate surface area is 130 Å². The van der Waals surface area contributed by atoms with Crippen molar-refractivity contribution < 1.29 is 9.47 Å². The van der Waals surface area contributed by atoms with Gasteiger partial charge in [-0.15, -0.1) is 0 Å². The molecule has 0 aliphatic heterocycles. The van der Waals surface area contributed by atoms with Gasteiger partial charge in [0.2, 0.25) is 6.54 Å². The molecule has 0 fully saturated rings. The molecule has 0 aromatic carbocycles. The van der Waals surface area contributed by atoms with Gasteiger partial charge < -0.3 is 14.3 Å². The van der Waals surface area contributed by atoms with Gasteiger partial charge in [0.25, 0.3) is 0 Å². The van der Waals surface area contributed by atoms with Crippen LogP contribution in [0.4, 0.5) is 0 Å². The van der Waals surface area contributed by atoms with E-state index in [4.69, 9.17) is 16.0 Å². The minimum Gasteiger partial charge on any atom is -0.352 e. The Morgan fingerprint density at radius 2 is 1.33 bits per heavy atom. The molecule has 0 aliphatic carbocycles. The fourth-order valence-electron chi connectivity index (χ4n) is 1.72. The van der Waals surface area contributed by atoms with Gasteiger partial charge in [-0.3, -0.25) is 0 Å². The molecule has 0 aromatic heterocycles. The monoisotopic (exact) mass is 293 g/mol. The topological polar surface area (TPSA) is 22.8 Å². The van der Waals surface area contributed by atoms with Crippen molar-refractivity contribution in [3.63, 3.8) is 0 Å². The highest BCUT2D eigenvalue weighted by Gasteiger charge is 2.09. The summed E-state index contributed by atoms with van der Waals surface area (Å²) < 4.78 is 11.4. The van der Waals surface area contributed by atoms with Crippen LogP contribution in [0.3, 0.4) is 0 Å². The van der Waals surface area contributed by atoms with E-state index in [1.807, 2.05) is 0 Å².